The van der Waals surface area contributed by atoms with Crippen LogP contribution in [0.3, 0.4) is 0 Å². The Morgan fingerprint density at radius 2 is 2.24 bits per heavy atom. The van der Waals surface area contributed by atoms with E-state index in [4.69, 9.17) is 4.74 Å². The Balaban J connectivity index is 2.27. The summed E-state index contributed by atoms with van der Waals surface area (Å²) in [7, 11) is 0. The lowest BCUT2D eigenvalue weighted by Gasteiger charge is -2.36. The molecule has 0 N–H and O–H groups in total. The molecule has 0 spiro atoms. The quantitative estimate of drug-likeness (QED) is 0.802. The standard InChI is InChI=1S/C13H21N3O/c1-4-11-8-13(15-10(3)14-11)16-6-7-17-9-12(16)5-2/h8,12H,4-7,9H2,1-3H3. The van der Waals surface area contributed by atoms with Gasteiger partial charge in [0, 0.05) is 18.3 Å². The predicted molar refractivity (Wildman–Crippen MR) is 68.4 cm³/mol. The van der Waals surface area contributed by atoms with Gasteiger partial charge in [-0.3, -0.25) is 0 Å². The van der Waals surface area contributed by atoms with Crippen molar-refractivity contribution >= 4 is 5.82 Å². The Morgan fingerprint density at radius 1 is 1.41 bits per heavy atom. The molecule has 1 saturated heterocycles. The van der Waals surface area contributed by atoms with Gasteiger partial charge in [0.2, 0.25) is 0 Å². The van der Waals surface area contributed by atoms with E-state index in [1.807, 2.05) is 6.92 Å². The van der Waals surface area contributed by atoms with Crippen LogP contribution in [0.4, 0.5) is 5.82 Å². The molecular weight excluding hydrogens is 214 g/mol. The molecule has 0 radical (unpaired) electrons. The highest BCUT2D eigenvalue weighted by molar-refractivity contribution is 5.41. The van der Waals surface area contributed by atoms with E-state index < -0.39 is 0 Å². The first-order chi connectivity index (χ1) is 8.24. The summed E-state index contributed by atoms with van der Waals surface area (Å²) in [6.45, 7) is 8.81. The van der Waals surface area contributed by atoms with E-state index in [0.717, 1.165) is 49.9 Å². The summed E-state index contributed by atoms with van der Waals surface area (Å²) in [4.78, 5) is 11.4. The highest BCUT2D eigenvalue weighted by atomic mass is 16.5. The van der Waals surface area contributed by atoms with Gasteiger partial charge < -0.3 is 9.64 Å². The third kappa shape index (κ3) is 2.75. The lowest BCUT2D eigenvalue weighted by atomic mass is 10.1. The van der Waals surface area contributed by atoms with Gasteiger partial charge in [-0.15, -0.1) is 0 Å². The molecule has 1 atom stereocenters. The molecule has 2 heterocycles. The predicted octanol–water partition coefficient (Wildman–Crippen LogP) is 1.96. The second-order valence-corrected chi connectivity index (χ2v) is 4.45. The van der Waals surface area contributed by atoms with Crippen LogP contribution < -0.4 is 4.90 Å². The SMILES string of the molecule is CCc1cc(N2CCOCC2CC)nc(C)n1. The minimum absolute atomic E-state index is 0.447. The van der Waals surface area contributed by atoms with Crippen LogP contribution in [-0.2, 0) is 11.2 Å². The average Bonchev–Trinajstić information content (AvgIpc) is 2.37. The highest BCUT2D eigenvalue weighted by Gasteiger charge is 2.23. The maximum absolute atomic E-state index is 5.53. The summed E-state index contributed by atoms with van der Waals surface area (Å²) in [5, 5.41) is 0. The normalized spacial score (nSPS) is 20.6. The first-order valence-electron chi connectivity index (χ1n) is 6.43. The van der Waals surface area contributed by atoms with Gasteiger partial charge in [-0.1, -0.05) is 13.8 Å². The Labute approximate surface area is 103 Å². The fourth-order valence-corrected chi connectivity index (χ4v) is 2.24. The molecule has 0 saturated carbocycles. The van der Waals surface area contributed by atoms with Crippen molar-refractivity contribution in [2.75, 3.05) is 24.7 Å². The summed E-state index contributed by atoms with van der Waals surface area (Å²) >= 11 is 0. The number of aromatic nitrogens is 2. The summed E-state index contributed by atoms with van der Waals surface area (Å²) in [5.74, 6) is 1.92. The molecule has 1 aromatic rings. The Kier molecular flexibility index (Phi) is 3.94. The maximum Gasteiger partial charge on any atom is 0.132 e. The van der Waals surface area contributed by atoms with Crippen LogP contribution in [-0.4, -0.2) is 35.8 Å². The van der Waals surface area contributed by atoms with Crippen LogP contribution >= 0.6 is 0 Å². The minimum atomic E-state index is 0.447. The van der Waals surface area contributed by atoms with Crippen molar-refractivity contribution in [3.8, 4) is 0 Å². The number of anilines is 1. The zero-order valence-corrected chi connectivity index (χ0v) is 10.9. The highest BCUT2D eigenvalue weighted by Crippen LogP contribution is 2.20. The lowest BCUT2D eigenvalue weighted by molar-refractivity contribution is 0.0925. The van der Waals surface area contributed by atoms with Gasteiger partial charge in [-0.05, 0) is 19.8 Å². The van der Waals surface area contributed by atoms with Crippen LogP contribution in [0, 0.1) is 6.92 Å². The molecule has 1 fully saturated rings. The smallest absolute Gasteiger partial charge is 0.132 e. The third-order valence-electron chi connectivity index (χ3n) is 3.23. The van der Waals surface area contributed by atoms with Crippen molar-refractivity contribution < 1.29 is 4.74 Å². The van der Waals surface area contributed by atoms with Gasteiger partial charge in [-0.2, -0.15) is 0 Å². The maximum atomic E-state index is 5.53. The summed E-state index contributed by atoms with van der Waals surface area (Å²) in [5.41, 5.74) is 1.12. The first kappa shape index (κ1) is 12.3. The molecule has 94 valence electrons. The van der Waals surface area contributed by atoms with E-state index in [1.54, 1.807) is 0 Å². The molecule has 1 aliphatic rings. The molecule has 1 aromatic heterocycles. The van der Waals surface area contributed by atoms with Crippen molar-refractivity contribution in [2.45, 2.75) is 39.7 Å². The third-order valence-corrected chi connectivity index (χ3v) is 3.23. The Hall–Kier alpha value is -1.16. The number of morpholine rings is 1. The van der Waals surface area contributed by atoms with Crippen molar-refractivity contribution in [3.05, 3.63) is 17.6 Å². The molecule has 0 aliphatic carbocycles. The topological polar surface area (TPSA) is 38.2 Å². The van der Waals surface area contributed by atoms with Crippen LogP contribution in [0.5, 0.6) is 0 Å². The van der Waals surface area contributed by atoms with Crippen molar-refractivity contribution in [1.82, 2.24) is 9.97 Å². The van der Waals surface area contributed by atoms with Gasteiger partial charge in [0.15, 0.2) is 0 Å². The second-order valence-electron chi connectivity index (χ2n) is 4.45. The molecule has 4 nitrogen and oxygen atoms in total. The molecule has 1 unspecified atom stereocenters. The zero-order valence-electron chi connectivity index (χ0n) is 10.9. The molecule has 4 heteroatoms. The van der Waals surface area contributed by atoms with Crippen molar-refractivity contribution in [1.29, 1.82) is 0 Å². The van der Waals surface area contributed by atoms with Gasteiger partial charge in [0.1, 0.15) is 11.6 Å². The number of aryl methyl sites for hydroxylation is 2. The number of nitrogens with zero attached hydrogens (tertiary/aromatic N) is 3. The van der Waals surface area contributed by atoms with Crippen LogP contribution in [0.25, 0.3) is 0 Å². The van der Waals surface area contributed by atoms with E-state index >= 15 is 0 Å². The first-order valence-corrected chi connectivity index (χ1v) is 6.43. The zero-order chi connectivity index (χ0) is 12.3. The largest absolute Gasteiger partial charge is 0.377 e. The fourth-order valence-electron chi connectivity index (χ4n) is 2.24. The van der Waals surface area contributed by atoms with Gasteiger partial charge in [-0.25, -0.2) is 9.97 Å². The number of ether oxygens (including phenoxy) is 1. The van der Waals surface area contributed by atoms with E-state index in [2.05, 4.69) is 34.8 Å². The molecule has 2 rings (SSSR count). The minimum Gasteiger partial charge on any atom is -0.377 e. The second kappa shape index (κ2) is 5.45. The fraction of sp³-hybridized carbons (Fsp3) is 0.692. The van der Waals surface area contributed by atoms with Gasteiger partial charge >= 0.3 is 0 Å². The average molecular weight is 235 g/mol. The van der Waals surface area contributed by atoms with E-state index in [9.17, 15) is 0 Å². The number of rotatable bonds is 3. The van der Waals surface area contributed by atoms with Crippen LogP contribution in [0.15, 0.2) is 6.07 Å². The summed E-state index contributed by atoms with van der Waals surface area (Å²) in [6.07, 6.45) is 2.04. The molecule has 17 heavy (non-hydrogen) atoms. The summed E-state index contributed by atoms with van der Waals surface area (Å²) < 4.78 is 5.53. The monoisotopic (exact) mass is 235 g/mol. The van der Waals surface area contributed by atoms with E-state index in [-0.39, 0.29) is 0 Å². The van der Waals surface area contributed by atoms with Crippen molar-refractivity contribution in [3.63, 3.8) is 0 Å². The molecule has 0 aromatic carbocycles. The molecule has 0 amide bonds. The molecule has 0 bridgehead atoms. The van der Waals surface area contributed by atoms with E-state index in [1.165, 1.54) is 0 Å². The molecular formula is C13H21N3O. The van der Waals surface area contributed by atoms with Crippen LogP contribution in [0.1, 0.15) is 31.8 Å². The lowest BCUT2D eigenvalue weighted by Crippen LogP contribution is -2.45. The Morgan fingerprint density at radius 3 is 2.94 bits per heavy atom. The Bertz CT molecular complexity index is 381. The molecule has 1 aliphatic heterocycles. The van der Waals surface area contributed by atoms with Gasteiger partial charge in [0.05, 0.1) is 19.3 Å². The van der Waals surface area contributed by atoms with Crippen molar-refractivity contribution in [2.24, 2.45) is 0 Å². The van der Waals surface area contributed by atoms with E-state index in [0.29, 0.717) is 6.04 Å². The van der Waals surface area contributed by atoms with Gasteiger partial charge in [0.25, 0.3) is 0 Å². The summed E-state index contributed by atoms with van der Waals surface area (Å²) in [6, 6.07) is 2.56. The number of hydrogen-bond donors (Lipinski definition) is 0. The van der Waals surface area contributed by atoms with Crippen LogP contribution in [0.2, 0.25) is 0 Å². The number of hydrogen-bond acceptors (Lipinski definition) is 4.